The number of carbonyl (C=O) groups excluding carboxylic acids is 1. The number of rotatable bonds is 5. The topological polar surface area (TPSA) is 49.3 Å². The summed E-state index contributed by atoms with van der Waals surface area (Å²) in [7, 11) is 0. The molecule has 0 spiro atoms. The number of carbonyl (C=O) groups is 1. The van der Waals surface area contributed by atoms with Crippen molar-refractivity contribution in [3.8, 4) is 0 Å². The zero-order valence-electron chi connectivity index (χ0n) is 12.7. The van der Waals surface area contributed by atoms with Gasteiger partial charge in [-0.05, 0) is 42.2 Å². The highest BCUT2D eigenvalue weighted by Crippen LogP contribution is 2.47. The average Bonchev–Trinajstić information content (AvgIpc) is 3.34. The second-order valence-electron chi connectivity index (χ2n) is 5.90. The molecule has 6 heteroatoms. The van der Waals surface area contributed by atoms with Gasteiger partial charge in [0.1, 0.15) is 23.6 Å². The molecule has 0 aliphatic heterocycles. The molecule has 2 aromatic rings. The smallest absolute Gasteiger partial charge is 0.223 e. The molecular weight excluding hydrogens is 319 g/mol. The van der Waals surface area contributed by atoms with Gasteiger partial charge in [-0.1, -0.05) is 18.2 Å². The summed E-state index contributed by atoms with van der Waals surface area (Å²) in [5, 5.41) is 12.4. The van der Waals surface area contributed by atoms with Crippen molar-refractivity contribution in [2.75, 3.05) is 6.54 Å². The van der Waals surface area contributed by atoms with E-state index in [-0.39, 0.29) is 30.1 Å². The summed E-state index contributed by atoms with van der Waals surface area (Å²) in [5.74, 6) is -2.60. The van der Waals surface area contributed by atoms with E-state index in [0.717, 1.165) is 17.7 Å². The highest BCUT2D eigenvalue weighted by molar-refractivity contribution is 5.82. The molecule has 1 aliphatic rings. The zero-order chi connectivity index (χ0) is 17.3. The van der Waals surface area contributed by atoms with Gasteiger partial charge in [0.05, 0.1) is 5.56 Å². The van der Waals surface area contributed by atoms with Crippen molar-refractivity contribution in [3.05, 3.63) is 71.0 Å². The number of nitrogens with one attached hydrogen (secondary N) is 1. The van der Waals surface area contributed by atoms with Gasteiger partial charge < -0.3 is 10.4 Å². The van der Waals surface area contributed by atoms with Gasteiger partial charge in [-0.15, -0.1) is 0 Å². The maximum absolute atomic E-state index is 13.6. The van der Waals surface area contributed by atoms with Gasteiger partial charge in [0.15, 0.2) is 0 Å². The van der Waals surface area contributed by atoms with Crippen LogP contribution in [0.4, 0.5) is 13.2 Å². The van der Waals surface area contributed by atoms with E-state index in [9.17, 15) is 23.1 Å². The fourth-order valence-electron chi connectivity index (χ4n) is 2.82. The Hall–Kier alpha value is -2.34. The van der Waals surface area contributed by atoms with Crippen molar-refractivity contribution in [1.29, 1.82) is 0 Å². The van der Waals surface area contributed by atoms with E-state index in [1.807, 2.05) is 0 Å². The minimum atomic E-state index is -1.46. The predicted octanol–water partition coefficient (Wildman–Crippen LogP) is 3.06. The van der Waals surface area contributed by atoms with Crippen LogP contribution in [0.5, 0.6) is 0 Å². The molecule has 3 unspecified atom stereocenters. The number of aliphatic hydroxyl groups is 1. The lowest BCUT2D eigenvalue weighted by Gasteiger charge is -2.14. The molecule has 1 amide bonds. The van der Waals surface area contributed by atoms with Gasteiger partial charge in [0, 0.05) is 12.5 Å². The number of aliphatic hydroxyl groups excluding tert-OH is 1. The third-order valence-electron chi connectivity index (χ3n) is 4.23. The third kappa shape index (κ3) is 3.43. The molecule has 3 nitrogen and oxygen atoms in total. The highest BCUT2D eigenvalue weighted by Gasteiger charge is 2.43. The Bertz CT molecular complexity index is 728. The molecule has 0 saturated heterocycles. The first-order valence-electron chi connectivity index (χ1n) is 7.62. The van der Waals surface area contributed by atoms with Crippen LogP contribution in [0, 0.1) is 23.4 Å². The van der Waals surface area contributed by atoms with Crippen molar-refractivity contribution >= 4 is 5.91 Å². The number of halogens is 3. The summed E-state index contributed by atoms with van der Waals surface area (Å²) >= 11 is 0. The lowest BCUT2D eigenvalue weighted by Crippen LogP contribution is -2.30. The predicted molar refractivity (Wildman–Crippen MR) is 81.6 cm³/mol. The highest BCUT2D eigenvalue weighted by atomic mass is 19.1. The van der Waals surface area contributed by atoms with Crippen LogP contribution >= 0.6 is 0 Å². The minimum absolute atomic E-state index is 0.00735. The summed E-state index contributed by atoms with van der Waals surface area (Å²) in [6.45, 7) is -0.274. The quantitative estimate of drug-likeness (QED) is 0.882. The van der Waals surface area contributed by atoms with Crippen LogP contribution < -0.4 is 5.32 Å². The molecule has 24 heavy (non-hydrogen) atoms. The van der Waals surface area contributed by atoms with Crippen molar-refractivity contribution in [2.45, 2.75) is 18.4 Å². The average molecular weight is 335 g/mol. The van der Waals surface area contributed by atoms with E-state index < -0.39 is 23.3 Å². The fraction of sp³-hybridized carbons (Fsp3) is 0.278. The first kappa shape index (κ1) is 16.5. The second-order valence-corrected chi connectivity index (χ2v) is 5.90. The maximum atomic E-state index is 13.6. The lowest BCUT2D eigenvalue weighted by atomic mass is 10.1. The van der Waals surface area contributed by atoms with Crippen LogP contribution in [0.25, 0.3) is 0 Å². The van der Waals surface area contributed by atoms with Gasteiger partial charge in [-0.25, -0.2) is 13.2 Å². The van der Waals surface area contributed by atoms with E-state index in [1.54, 1.807) is 12.1 Å². The van der Waals surface area contributed by atoms with Crippen LogP contribution in [0.3, 0.4) is 0 Å². The van der Waals surface area contributed by atoms with Crippen LogP contribution in [0.2, 0.25) is 0 Å². The summed E-state index contributed by atoms with van der Waals surface area (Å²) in [4.78, 5) is 12.1. The Morgan fingerprint density at radius 2 is 1.75 bits per heavy atom. The van der Waals surface area contributed by atoms with Crippen molar-refractivity contribution < 1.29 is 23.1 Å². The Balaban J connectivity index is 1.56. The van der Waals surface area contributed by atoms with E-state index >= 15 is 0 Å². The molecule has 3 atom stereocenters. The lowest BCUT2D eigenvalue weighted by molar-refractivity contribution is -0.122. The Morgan fingerprint density at radius 3 is 2.38 bits per heavy atom. The number of amides is 1. The number of hydrogen-bond acceptors (Lipinski definition) is 2. The Labute approximate surface area is 137 Å². The molecule has 2 N–H and O–H groups in total. The van der Waals surface area contributed by atoms with Gasteiger partial charge in [0.25, 0.3) is 0 Å². The van der Waals surface area contributed by atoms with Crippen LogP contribution in [0.15, 0.2) is 42.5 Å². The summed E-state index contributed by atoms with van der Waals surface area (Å²) in [6, 6.07) is 9.26. The summed E-state index contributed by atoms with van der Waals surface area (Å²) < 4.78 is 40.0. The Kier molecular flexibility index (Phi) is 4.57. The normalized spacial score (nSPS) is 20.5. The minimum Gasteiger partial charge on any atom is -0.386 e. The van der Waals surface area contributed by atoms with Crippen LogP contribution in [-0.4, -0.2) is 17.6 Å². The standard InChI is InChI=1S/C18H16F3NO2/c19-11-6-4-10(5-7-11)12-8-13(12)18(24)22-9-16(23)17-14(20)2-1-3-15(17)21/h1-7,12-13,16,23H,8-9H2,(H,22,24). The molecule has 3 rings (SSSR count). The van der Waals surface area contributed by atoms with E-state index in [0.29, 0.717) is 6.42 Å². The van der Waals surface area contributed by atoms with Gasteiger partial charge >= 0.3 is 0 Å². The fourth-order valence-corrected chi connectivity index (χ4v) is 2.82. The molecule has 0 radical (unpaired) electrons. The largest absolute Gasteiger partial charge is 0.386 e. The first-order valence-corrected chi connectivity index (χ1v) is 7.62. The summed E-state index contributed by atoms with van der Waals surface area (Å²) in [6.07, 6.45) is -0.833. The molecular formula is C18H16F3NO2. The maximum Gasteiger partial charge on any atom is 0.223 e. The van der Waals surface area contributed by atoms with Crippen molar-refractivity contribution in [1.82, 2.24) is 5.32 Å². The van der Waals surface area contributed by atoms with Crippen molar-refractivity contribution in [3.63, 3.8) is 0 Å². The number of hydrogen-bond donors (Lipinski definition) is 2. The molecule has 2 aromatic carbocycles. The second kappa shape index (κ2) is 6.65. The van der Waals surface area contributed by atoms with E-state index in [2.05, 4.69) is 5.32 Å². The van der Waals surface area contributed by atoms with Gasteiger partial charge in [0.2, 0.25) is 5.91 Å². The molecule has 1 saturated carbocycles. The molecule has 0 aromatic heterocycles. The molecule has 1 aliphatic carbocycles. The third-order valence-corrected chi connectivity index (χ3v) is 4.23. The molecule has 0 bridgehead atoms. The molecule has 126 valence electrons. The Morgan fingerprint density at radius 1 is 1.12 bits per heavy atom. The van der Waals surface area contributed by atoms with Gasteiger partial charge in [-0.3, -0.25) is 4.79 Å². The molecule has 0 heterocycles. The van der Waals surface area contributed by atoms with E-state index in [1.165, 1.54) is 18.2 Å². The SMILES string of the molecule is O=C(NCC(O)c1c(F)cccc1F)C1CC1c1ccc(F)cc1. The number of benzene rings is 2. The van der Waals surface area contributed by atoms with Crippen LogP contribution in [0.1, 0.15) is 29.6 Å². The van der Waals surface area contributed by atoms with Crippen molar-refractivity contribution in [2.24, 2.45) is 5.92 Å². The first-order chi connectivity index (χ1) is 11.5. The van der Waals surface area contributed by atoms with Crippen LogP contribution in [-0.2, 0) is 4.79 Å². The monoisotopic (exact) mass is 335 g/mol. The van der Waals surface area contributed by atoms with Gasteiger partial charge in [-0.2, -0.15) is 0 Å². The van der Waals surface area contributed by atoms with E-state index in [4.69, 9.17) is 0 Å². The summed E-state index contributed by atoms with van der Waals surface area (Å²) in [5.41, 5.74) is 0.418. The zero-order valence-corrected chi connectivity index (χ0v) is 12.7. The molecule has 1 fully saturated rings.